The summed E-state index contributed by atoms with van der Waals surface area (Å²) < 4.78 is 6.50. The molecule has 36 heavy (non-hydrogen) atoms. The molecule has 0 saturated carbocycles. The Bertz CT molecular complexity index is 1510. The SMILES string of the molecule is Cc1cc(O)ccc1[C@@H]1Oc2cc(O)ccc2[C@H]2[C@@H](c3cc(O)cc(O)c3)c3c(O)cc(O)cc3[C@H]21. The largest absolute Gasteiger partial charge is 0.508 e. The van der Waals surface area contributed by atoms with E-state index in [-0.39, 0.29) is 46.3 Å². The first-order valence-corrected chi connectivity index (χ1v) is 11.6. The standard InChI is InChI=1S/C29H24O7/c1-13-6-15(30)2-4-20(13)29-28-22-10-19(34)11-23(35)26(22)25(14-7-17(32)9-18(33)8-14)27(28)21-5-3-16(31)12-24(21)36-29/h2-12,25,27-35H,1H3/t25-,27-,28+,29-/m0/s1. The third-order valence-corrected chi connectivity index (χ3v) is 7.37. The van der Waals surface area contributed by atoms with Crippen LogP contribution in [0.2, 0.25) is 0 Å². The highest BCUT2D eigenvalue weighted by molar-refractivity contribution is 5.63. The Morgan fingerprint density at radius 3 is 1.92 bits per heavy atom. The van der Waals surface area contributed by atoms with E-state index >= 15 is 0 Å². The maximum absolute atomic E-state index is 11.1. The molecule has 6 rings (SSSR count). The molecule has 4 atom stereocenters. The number of phenols is 6. The van der Waals surface area contributed by atoms with E-state index in [1.165, 1.54) is 12.1 Å². The zero-order valence-corrected chi connectivity index (χ0v) is 19.3. The van der Waals surface area contributed by atoms with Gasteiger partial charge in [0.1, 0.15) is 46.4 Å². The average molecular weight is 485 g/mol. The first-order chi connectivity index (χ1) is 17.2. The Balaban J connectivity index is 1.67. The second-order valence-corrected chi connectivity index (χ2v) is 9.58. The van der Waals surface area contributed by atoms with E-state index in [2.05, 4.69) is 0 Å². The summed E-state index contributed by atoms with van der Waals surface area (Å²) in [6.45, 7) is 1.87. The number of benzene rings is 4. The lowest BCUT2D eigenvalue weighted by molar-refractivity contribution is 0.135. The molecule has 0 fully saturated rings. The molecule has 0 saturated heterocycles. The van der Waals surface area contributed by atoms with Gasteiger partial charge in [-0.1, -0.05) is 12.1 Å². The summed E-state index contributed by atoms with van der Waals surface area (Å²) in [5, 5.41) is 62.3. The molecular formula is C29H24O7. The Hall–Kier alpha value is -4.52. The second kappa shape index (κ2) is 7.75. The molecule has 0 radical (unpaired) electrons. The van der Waals surface area contributed by atoms with Crippen molar-refractivity contribution in [1.82, 2.24) is 0 Å². The number of hydrogen-bond donors (Lipinski definition) is 6. The van der Waals surface area contributed by atoms with E-state index in [1.807, 2.05) is 6.92 Å². The molecule has 7 nitrogen and oxygen atoms in total. The van der Waals surface area contributed by atoms with E-state index < -0.39 is 12.0 Å². The van der Waals surface area contributed by atoms with Crippen LogP contribution in [0.25, 0.3) is 0 Å². The van der Waals surface area contributed by atoms with Crippen LogP contribution in [0.3, 0.4) is 0 Å². The van der Waals surface area contributed by atoms with E-state index in [0.717, 1.165) is 16.7 Å². The molecule has 6 N–H and O–H groups in total. The first-order valence-electron chi connectivity index (χ1n) is 11.6. The maximum atomic E-state index is 11.1. The van der Waals surface area contributed by atoms with Crippen molar-refractivity contribution in [1.29, 1.82) is 0 Å². The van der Waals surface area contributed by atoms with Gasteiger partial charge in [0.05, 0.1) is 0 Å². The van der Waals surface area contributed by atoms with Crippen molar-refractivity contribution >= 4 is 0 Å². The minimum atomic E-state index is -0.583. The number of phenolic OH excluding ortho intramolecular Hbond substituents is 6. The molecule has 0 amide bonds. The summed E-state index contributed by atoms with van der Waals surface area (Å²) in [6, 6.07) is 17.2. The number of aromatic hydroxyl groups is 6. The van der Waals surface area contributed by atoms with Gasteiger partial charge in [-0.2, -0.15) is 0 Å². The van der Waals surface area contributed by atoms with E-state index in [1.54, 1.807) is 54.6 Å². The fraction of sp³-hybridized carbons (Fsp3) is 0.172. The zero-order chi connectivity index (χ0) is 25.3. The van der Waals surface area contributed by atoms with Crippen molar-refractivity contribution in [3.05, 3.63) is 100 Å². The van der Waals surface area contributed by atoms with Crippen molar-refractivity contribution in [2.24, 2.45) is 0 Å². The van der Waals surface area contributed by atoms with Crippen LogP contribution in [0.5, 0.6) is 40.2 Å². The number of hydrogen-bond acceptors (Lipinski definition) is 7. The van der Waals surface area contributed by atoms with Gasteiger partial charge in [0, 0.05) is 41.5 Å². The monoisotopic (exact) mass is 484 g/mol. The highest BCUT2D eigenvalue weighted by Crippen LogP contribution is 2.66. The third-order valence-electron chi connectivity index (χ3n) is 7.37. The molecule has 4 aromatic rings. The fourth-order valence-electron chi connectivity index (χ4n) is 6.08. The highest BCUT2D eigenvalue weighted by Gasteiger charge is 2.52. The van der Waals surface area contributed by atoms with Gasteiger partial charge in [-0.25, -0.2) is 0 Å². The average Bonchev–Trinajstić information content (AvgIpc) is 3.13. The van der Waals surface area contributed by atoms with Crippen LogP contribution in [0.15, 0.2) is 66.7 Å². The number of aryl methyl sites for hydroxylation is 1. The molecule has 7 heteroatoms. The molecule has 0 unspecified atom stereocenters. The smallest absolute Gasteiger partial charge is 0.131 e. The van der Waals surface area contributed by atoms with Crippen molar-refractivity contribution in [3.8, 4) is 40.2 Å². The predicted octanol–water partition coefficient (Wildman–Crippen LogP) is 5.38. The Labute approximate surface area is 206 Å². The molecular weight excluding hydrogens is 460 g/mol. The molecule has 1 heterocycles. The maximum Gasteiger partial charge on any atom is 0.131 e. The minimum absolute atomic E-state index is 0.0379. The predicted molar refractivity (Wildman–Crippen MR) is 131 cm³/mol. The summed E-state index contributed by atoms with van der Waals surface area (Å²) >= 11 is 0. The van der Waals surface area contributed by atoms with Gasteiger partial charge in [-0.3, -0.25) is 0 Å². The van der Waals surface area contributed by atoms with Gasteiger partial charge in [0.2, 0.25) is 0 Å². The highest BCUT2D eigenvalue weighted by atomic mass is 16.5. The van der Waals surface area contributed by atoms with Gasteiger partial charge in [0.15, 0.2) is 0 Å². The fourth-order valence-corrected chi connectivity index (χ4v) is 6.08. The lowest BCUT2D eigenvalue weighted by Gasteiger charge is -2.39. The van der Waals surface area contributed by atoms with Gasteiger partial charge < -0.3 is 35.4 Å². The van der Waals surface area contributed by atoms with Gasteiger partial charge in [-0.05, 0) is 71.1 Å². The summed E-state index contributed by atoms with van der Waals surface area (Å²) in [5.74, 6) is -1.02. The normalized spacial score (nSPS) is 21.8. The second-order valence-electron chi connectivity index (χ2n) is 9.58. The molecule has 4 aromatic carbocycles. The van der Waals surface area contributed by atoms with Crippen molar-refractivity contribution < 1.29 is 35.4 Å². The molecule has 2 aliphatic rings. The number of rotatable bonds is 2. The Kier molecular flexibility index (Phi) is 4.73. The Morgan fingerprint density at radius 1 is 0.583 bits per heavy atom. The first kappa shape index (κ1) is 22.0. The lowest BCUT2D eigenvalue weighted by atomic mass is 9.72. The van der Waals surface area contributed by atoms with Crippen LogP contribution < -0.4 is 4.74 Å². The lowest BCUT2D eigenvalue weighted by Crippen LogP contribution is -2.28. The summed E-state index contributed by atoms with van der Waals surface area (Å²) in [6.07, 6.45) is -0.583. The Morgan fingerprint density at radius 2 is 1.22 bits per heavy atom. The van der Waals surface area contributed by atoms with Gasteiger partial charge >= 0.3 is 0 Å². The van der Waals surface area contributed by atoms with Crippen LogP contribution in [0, 0.1) is 6.92 Å². The van der Waals surface area contributed by atoms with Crippen LogP contribution in [0.4, 0.5) is 0 Å². The zero-order valence-electron chi connectivity index (χ0n) is 19.3. The number of ether oxygens (including phenoxy) is 1. The molecule has 1 aliphatic heterocycles. The molecule has 1 aliphatic carbocycles. The topological polar surface area (TPSA) is 131 Å². The summed E-state index contributed by atoms with van der Waals surface area (Å²) in [7, 11) is 0. The van der Waals surface area contributed by atoms with Crippen LogP contribution in [-0.2, 0) is 0 Å². The molecule has 0 aromatic heterocycles. The number of fused-ring (bicyclic) bond motifs is 5. The quantitative estimate of drug-likeness (QED) is 0.225. The molecule has 0 spiro atoms. The van der Waals surface area contributed by atoms with Crippen molar-refractivity contribution in [2.75, 3.05) is 0 Å². The minimum Gasteiger partial charge on any atom is -0.508 e. The van der Waals surface area contributed by atoms with Crippen molar-refractivity contribution in [3.63, 3.8) is 0 Å². The van der Waals surface area contributed by atoms with E-state index in [9.17, 15) is 30.6 Å². The van der Waals surface area contributed by atoms with E-state index in [0.29, 0.717) is 22.4 Å². The molecule has 182 valence electrons. The summed E-state index contributed by atoms with van der Waals surface area (Å²) in [5.41, 5.74) is 4.23. The van der Waals surface area contributed by atoms with E-state index in [4.69, 9.17) is 4.74 Å². The van der Waals surface area contributed by atoms with Crippen LogP contribution >= 0.6 is 0 Å². The van der Waals surface area contributed by atoms with Crippen LogP contribution in [-0.4, -0.2) is 30.6 Å². The summed E-state index contributed by atoms with van der Waals surface area (Å²) in [4.78, 5) is 0. The molecule has 0 bridgehead atoms. The van der Waals surface area contributed by atoms with Crippen LogP contribution in [0.1, 0.15) is 57.2 Å². The van der Waals surface area contributed by atoms with Gasteiger partial charge in [0.25, 0.3) is 0 Å². The van der Waals surface area contributed by atoms with Crippen molar-refractivity contribution in [2.45, 2.75) is 30.8 Å². The third kappa shape index (κ3) is 3.27. The van der Waals surface area contributed by atoms with Gasteiger partial charge in [-0.15, -0.1) is 0 Å².